The molecular formula is C51H71ClN14O10. The number of halogens is 1. The first kappa shape index (κ1) is 59.3. The van der Waals surface area contributed by atoms with Gasteiger partial charge in [0.05, 0.1) is 12.1 Å². The number of hydrogen-bond acceptors (Lipinski definition) is 12. The Balaban J connectivity index is 1.54. The quantitative estimate of drug-likeness (QED) is 0.0464. The van der Waals surface area contributed by atoms with E-state index in [2.05, 4.69) is 41.6 Å². The Morgan fingerprint density at radius 2 is 1.51 bits per heavy atom. The van der Waals surface area contributed by atoms with Crippen LogP contribution in [0.15, 0.2) is 64.7 Å². The summed E-state index contributed by atoms with van der Waals surface area (Å²) in [6, 6.07) is 7.34. The molecule has 24 nitrogen and oxygen atoms in total. The molecular weight excluding hydrogens is 1000 g/mol. The molecule has 412 valence electrons. The number of aliphatic imine (C=N–C) groups is 2. The molecule has 0 aliphatic carbocycles. The first-order valence-electron chi connectivity index (χ1n) is 25.4. The standard InChI is InChI=1S/C51H71ClN14O10/c1-28(67)62-38(15-8-20-60-51(56)57)47(74)64-39-16-17-44(71)58-18-7-14-37(45(53)72)63-46(73)31(21-32-26-61-36-13-5-3-11-34(32)36)24-42(69)30(10-6-19-59-50(54)55)23-43(70)40(22-29-9-2-4-12-35(29)52)65-48(75)41-25-33(68)27-66(41)49(39)76/h2-5,9,11-13,26,30-31,33,37-41,61,68H,6-8,10,14-25,27H2,1H3,(H2,53,72)(H,58,71)(H,62,67)(H,63,73)(H,64,74)(H,65,75)(H4,54,55,59)(H4,56,57,60)/t30-,31-,33-,37+,38+,39+,40-,41+/m1/s1. The lowest BCUT2D eigenvalue weighted by molar-refractivity contribution is -0.143. The third-order valence-corrected chi connectivity index (χ3v) is 13.8. The van der Waals surface area contributed by atoms with E-state index in [4.69, 9.17) is 40.3 Å². The third-order valence-electron chi connectivity index (χ3n) is 13.4. The predicted molar refractivity (Wildman–Crippen MR) is 283 cm³/mol. The van der Waals surface area contributed by atoms with Gasteiger partial charge in [0.15, 0.2) is 17.7 Å². The Bertz CT molecular complexity index is 2640. The van der Waals surface area contributed by atoms with Crippen LogP contribution in [0, 0.1) is 11.8 Å². The van der Waals surface area contributed by atoms with Gasteiger partial charge >= 0.3 is 0 Å². The van der Waals surface area contributed by atoms with Crippen LogP contribution in [-0.2, 0) is 56.0 Å². The molecule has 2 aliphatic rings. The molecule has 2 saturated heterocycles. The number of guanidine groups is 2. The number of Topliss-reactive ketones (excluding diaryl/α,β-unsaturated/α-hetero) is 2. The number of benzene rings is 2. The third kappa shape index (κ3) is 18.1. The molecule has 8 atom stereocenters. The second-order valence-electron chi connectivity index (χ2n) is 19.3. The number of nitrogens with zero attached hydrogens (tertiary/aromatic N) is 3. The van der Waals surface area contributed by atoms with Crippen LogP contribution in [0.1, 0.15) is 88.7 Å². The summed E-state index contributed by atoms with van der Waals surface area (Å²) in [5, 5.41) is 25.5. The van der Waals surface area contributed by atoms with Crippen LogP contribution in [-0.4, -0.2) is 142 Å². The van der Waals surface area contributed by atoms with Gasteiger partial charge in [-0.15, -0.1) is 0 Å². The van der Waals surface area contributed by atoms with Crippen LogP contribution < -0.4 is 55.3 Å². The van der Waals surface area contributed by atoms with Crippen molar-refractivity contribution < 1.29 is 48.3 Å². The SMILES string of the molecule is CC(=O)N[C@@H](CCCN=C(N)N)C(=O)N[C@H]1CCC(=O)NCCC[C@@H](C(N)=O)NC(=O)[C@H](Cc2c[nH]c3ccccc23)CC(=O)[C@H](CCCN=C(N)N)CC(=O)[C@@H](Cc2ccccc2Cl)NC(=O)[C@@H]2C[C@@H](O)CN2C1=O. The van der Waals surface area contributed by atoms with E-state index >= 15 is 0 Å². The van der Waals surface area contributed by atoms with Crippen molar-refractivity contribution in [2.75, 3.05) is 26.2 Å². The van der Waals surface area contributed by atoms with Crippen molar-refractivity contribution in [3.8, 4) is 0 Å². The van der Waals surface area contributed by atoms with E-state index in [9.17, 15) is 48.3 Å². The highest BCUT2D eigenvalue weighted by molar-refractivity contribution is 6.31. The number of fused-ring (bicyclic) bond motifs is 2. The Morgan fingerprint density at radius 3 is 2.21 bits per heavy atom. The first-order chi connectivity index (χ1) is 36.2. The minimum absolute atomic E-state index is 0.00735. The molecule has 1 aromatic heterocycles. The number of aliphatic hydroxyl groups is 1. The van der Waals surface area contributed by atoms with Gasteiger partial charge in [0.25, 0.3) is 0 Å². The summed E-state index contributed by atoms with van der Waals surface area (Å²) < 4.78 is 0. The van der Waals surface area contributed by atoms with E-state index < -0.39 is 107 Å². The number of carbonyl (C=O) groups is 9. The van der Waals surface area contributed by atoms with Crippen LogP contribution in [0.5, 0.6) is 0 Å². The Hall–Kier alpha value is -7.60. The number of H-pyrrole nitrogens is 1. The zero-order chi connectivity index (χ0) is 55.5. The fourth-order valence-corrected chi connectivity index (χ4v) is 9.68. The molecule has 3 aromatic rings. The van der Waals surface area contributed by atoms with Crippen LogP contribution in [0.4, 0.5) is 0 Å². The van der Waals surface area contributed by atoms with Crippen LogP contribution in [0.3, 0.4) is 0 Å². The number of rotatable bonds is 16. The lowest BCUT2D eigenvalue weighted by Crippen LogP contribution is -2.57. The van der Waals surface area contributed by atoms with Crippen molar-refractivity contribution in [2.45, 2.75) is 127 Å². The van der Waals surface area contributed by atoms with E-state index in [1.807, 2.05) is 24.3 Å². The molecule has 76 heavy (non-hydrogen) atoms. The molecule has 2 aromatic carbocycles. The van der Waals surface area contributed by atoms with Gasteiger partial charge in [0, 0.05) is 99.2 Å². The van der Waals surface area contributed by atoms with Gasteiger partial charge in [-0.3, -0.25) is 53.1 Å². The molecule has 7 amide bonds. The lowest BCUT2D eigenvalue weighted by atomic mass is 9.83. The number of primary amides is 1. The molecule has 0 radical (unpaired) electrons. The molecule has 5 rings (SSSR count). The molecule has 2 aliphatic heterocycles. The number of amides is 7. The fraction of sp³-hybridized carbons (Fsp3) is 0.510. The predicted octanol–water partition coefficient (Wildman–Crippen LogP) is -1.04. The molecule has 0 unspecified atom stereocenters. The number of carbonyl (C=O) groups excluding carboxylic acids is 9. The zero-order valence-electron chi connectivity index (χ0n) is 42.6. The maximum Gasteiger partial charge on any atom is 0.245 e. The number of nitrogens with two attached hydrogens (primary N) is 5. The van der Waals surface area contributed by atoms with Crippen LogP contribution in [0.2, 0.25) is 5.02 Å². The summed E-state index contributed by atoms with van der Waals surface area (Å²) in [7, 11) is 0. The van der Waals surface area contributed by atoms with Crippen LogP contribution >= 0.6 is 11.6 Å². The summed E-state index contributed by atoms with van der Waals surface area (Å²) in [5.74, 6) is -8.71. The molecule has 0 saturated carbocycles. The normalized spacial score (nSPS) is 23.0. The fourth-order valence-electron chi connectivity index (χ4n) is 9.46. The average Bonchev–Trinajstić information content (AvgIpc) is 3.97. The van der Waals surface area contributed by atoms with Gasteiger partial charge in [0.2, 0.25) is 41.4 Å². The summed E-state index contributed by atoms with van der Waals surface area (Å²) in [6.45, 7) is 1.04. The zero-order valence-corrected chi connectivity index (χ0v) is 43.3. The number of ketones is 2. The lowest BCUT2D eigenvalue weighted by Gasteiger charge is -2.30. The summed E-state index contributed by atoms with van der Waals surface area (Å²) >= 11 is 6.61. The van der Waals surface area contributed by atoms with Gasteiger partial charge in [-0.05, 0) is 74.6 Å². The van der Waals surface area contributed by atoms with Gasteiger partial charge in [-0.2, -0.15) is 0 Å². The van der Waals surface area contributed by atoms with Crippen molar-refractivity contribution in [1.82, 2.24) is 36.5 Å². The van der Waals surface area contributed by atoms with Crippen molar-refractivity contribution >= 4 is 87.3 Å². The number of aliphatic hydroxyl groups excluding tert-OH is 1. The monoisotopic (exact) mass is 1070 g/mol. The highest BCUT2D eigenvalue weighted by atomic mass is 35.5. The van der Waals surface area contributed by atoms with E-state index in [0.29, 0.717) is 11.1 Å². The topological polar surface area (TPSA) is 408 Å². The summed E-state index contributed by atoms with van der Waals surface area (Å²) in [4.78, 5) is 138. The highest BCUT2D eigenvalue weighted by Crippen LogP contribution is 2.28. The Labute approximate surface area is 444 Å². The Kier molecular flexibility index (Phi) is 22.5. The largest absolute Gasteiger partial charge is 0.391 e. The van der Waals surface area contributed by atoms with Crippen molar-refractivity contribution in [2.24, 2.45) is 50.5 Å². The number of hydrogen-bond donors (Lipinski definition) is 12. The summed E-state index contributed by atoms with van der Waals surface area (Å²) in [6.07, 6.45) is -0.664. The number of aromatic amines is 1. The van der Waals surface area contributed by atoms with E-state index in [1.165, 1.54) is 6.92 Å². The number of nitrogens with one attached hydrogen (secondary N) is 6. The van der Waals surface area contributed by atoms with Gasteiger partial charge < -0.3 is 70.2 Å². The van der Waals surface area contributed by atoms with Crippen molar-refractivity contribution in [3.05, 3.63) is 70.9 Å². The van der Waals surface area contributed by atoms with E-state index in [1.54, 1.807) is 30.5 Å². The molecule has 3 heterocycles. The van der Waals surface area contributed by atoms with Gasteiger partial charge in [0.1, 0.15) is 30.0 Å². The smallest absolute Gasteiger partial charge is 0.245 e. The van der Waals surface area contributed by atoms with Crippen LogP contribution in [0.25, 0.3) is 10.9 Å². The highest BCUT2D eigenvalue weighted by Gasteiger charge is 2.43. The number of aromatic nitrogens is 1. The average molecular weight is 1080 g/mol. The molecule has 0 bridgehead atoms. The Morgan fingerprint density at radius 1 is 0.829 bits per heavy atom. The van der Waals surface area contributed by atoms with Gasteiger partial charge in [-0.25, -0.2) is 0 Å². The minimum atomic E-state index is -1.49. The second-order valence-corrected chi connectivity index (χ2v) is 19.7. The van der Waals surface area contributed by atoms with E-state index in [0.717, 1.165) is 15.8 Å². The molecule has 2 fully saturated rings. The molecule has 0 spiro atoms. The number of para-hydroxylation sites is 1. The first-order valence-corrected chi connectivity index (χ1v) is 25.8. The minimum Gasteiger partial charge on any atom is -0.391 e. The van der Waals surface area contributed by atoms with Gasteiger partial charge in [-0.1, -0.05) is 48.0 Å². The van der Waals surface area contributed by atoms with Crippen molar-refractivity contribution in [1.29, 1.82) is 0 Å². The molecule has 17 N–H and O–H groups in total. The maximum atomic E-state index is 14.8. The molecule has 25 heteroatoms. The summed E-state index contributed by atoms with van der Waals surface area (Å²) in [5.41, 5.74) is 29.9. The van der Waals surface area contributed by atoms with Crippen molar-refractivity contribution in [3.63, 3.8) is 0 Å². The maximum absolute atomic E-state index is 14.8. The second kappa shape index (κ2) is 28.9. The van der Waals surface area contributed by atoms with E-state index in [-0.39, 0.29) is 120 Å².